The van der Waals surface area contributed by atoms with Crippen LogP contribution < -0.4 is 5.32 Å². The highest BCUT2D eigenvalue weighted by Gasteiger charge is 2.10. The molecule has 5 heteroatoms. The lowest BCUT2D eigenvalue weighted by Crippen LogP contribution is -2.27. The minimum absolute atomic E-state index is 0.0624. The highest BCUT2D eigenvalue weighted by molar-refractivity contribution is 5.81. The van der Waals surface area contributed by atoms with E-state index in [1.807, 2.05) is 41.8 Å². The third-order valence-electron chi connectivity index (χ3n) is 3.19. The van der Waals surface area contributed by atoms with E-state index in [9.17, 15) is 4.79 Å². The molecule has 1 aromatic carbocycles. The summed E-state index contributed by atoms with van der Waals surface area (Å²) in [6, 6.07) is 11.4. The zero-order valence-electron chi connectivity index (χ0n) is 11.2. The van der Waals surface area contributed by atoms with Gasteiger partial charge in [0.15, 0.2) is 0 Å². The molecule has 1 amide bonds. The molecule has 0 saturated carbocycles. The molecule has 1 N–H and O–H groups in total. The van der Waals surface area contributed by atoms with E-state index >= 15 is 0 Å². The summed E-state index contributed by atoms with van der Waals surface area (Å²) in [6.45, 7) is 2.56. The third kappa shape index (κ3) is 2.42. The molecule has 0 fully saturated rings. The van der Waals surface area contributed by atoms with Crippen molar-refractivity contribution >= 4 is 16.9 Å². The Hall–Kier alpha value is -2.56. The number of hydrogen-bond donors (Lipinski definition) is 1. The average molecular weight is 269 g/mol. The fourth-order valence-electron chi connectivity index (χ4n) is 2.19. The van der Waals surface area contributed by atoms with Crippen LogP contribution in [-0.4, -0.2) is 15.5 Å². The Morgan fingerprint density at radius 3 is 2.95 bits per heavy atom. The number of fused-ring (bicyclic) bond motifs is 1. The van der Waals surface area contributed by atoms with Gasteiger partial charge in [-0.2, -0.15) is 0 Å². The van der Waals surface area contributed by atoms with Gasteiger partial charge in [0.1, 0.15) is 18.1 Å². The van der Waals surface area contributed by atoms with Gasteiger partial charge in [0, 0.05) is 0 Å². The van der Waals surface area contributed by atoms with Crippen molar-refractivity contribution in [1.29, 1.82) is 0 Å². The number of imidazole rings is 1. The van der Waals surface area contributed by atoms with Crippen molar-refractivity contribution in [3.8, 4) is 0 Å². The van der Waals surface area contributed by atoms with Crippen LogP contribution >= 0.6 is 0 Å². The van der Waals surface area contributed by atoms with Gasteiger partial charge >= 0.3 is 0 Å². The third-order valence-corrected chi connectivity index (χ3v) is 3.19. The number of rotatable bonds is 4. The lowest BCUT2D eigenvalue weighted by molar-refractivity contribution is -0.121. The number of nitrogens with zero attached hydrogens (tertiary/aromatic N) is 2. The zero-order valence-corrected chi connectivity index (χ0v) is 11.2. The summed E-state index contributed by atoms with van der Waals surface area (Å²) in [4.78, 5) is 16.4. The van der Waals surface area contributed by atoms with Crippen molar-refractivity contribution in [2.45, 2.75) is 20.0 Å². The molecule has 0 atom stereocenters. The van der Waals surface area contributed by atoms with Crippen LogP contribution in [0.2, 0.25) is 0 Å². The lowest BCUT2D eigenvalue weighted by atomic mass is 10.3. The first-order valence-electron chi connectivity index (χ1n) is 6.45. The summed E-state index contributed by atoms with van der Waals surface area (Å²) in [7, 11) is 0. The van der Waals surface area contributed by atoms with Crippen LogP contribution in [0.25, 0.3) is 11.0 Å². The molecule has 0 aliphatic heterocycles. The van der Waals surface area contributed by atoms with Crippen LogP contribution in [-0.2, 0) is 17.9 Å². The second kappa shape index (κ2) is 5.21. The number of carbonyl (C=O) groups excluding carboxylic acids is 1. The molecule has 3 aromatic rings. The van der Waals surface area contributed by atoms with Gasteiger partial charge < -0.3 is 14.3 Å². The minimum atomic E-state index is -0.0624. The van der Waals surface area contributed by atoms with Gasteiger partial charge in [-0.05, 0) is 31.2 Å². The second-order valence-corrected chi connectivity index (χ2v) is 4.59. The molecule has 2 heterocycles. The number of hydrogen-bond acceptors (Lipinski definition) is 3. The number of carbonyl (C=O) groups is 1. The fraction of sp³-hybridized carbons (Fsp3) is 0.200. The Balaban J connectivity index is 1.72. The first-order chi connectivity index (χ1) is 9.74. The van der Waals surface area contributed by atoms with E-state index in [0.717, 1.165) is 22.6 Å². The lowest BCUT2D eigenvalue weighted by Gasteiger charge is -2.07. The molecule has 0 aliphatic rings. The van der Waals surface area contributed by atoms with Crippen molar-refractivity contribution in [3.63, 3.8) is 0 Å². The maximum absolute atomic E-state index is 12.0. The van der Waals surface area contributed by atoms with Gasteiger partial charge in [0.2, 0.25) is 5.91 Å². The van der Waals surface area contributed by atoms with E-state index in [0.29, 0.717) is 6.54 Å². The van der Waals surface area contributed by atoms with Gasteiger partial charge in [0.25, 0.3) is 0 Å². The van der Waals surface area contributed by atoms with Crippen molar-refractivity contribution in [1.82, 2.24) is 14.9 Å². The summed E-state index contributed by atoms with van der Waals surface area (Å²) < 4.78 is 7.09. The summed E-state index contributed by atoms with van der Waals surface area (Å²) in [5, 5.41) is 2.83. The van der Waals surface area contributed by atoms with Gasteiger partial charge in [-0.25, -0.2) is 4.98 Å². The molecular formula is C15H15N3O2. The molecule has 0 saturated heterocycles. The summed E-state index contributed by atoms with van der Waals surface area (Å²) in [6.07, 6.45) is 1.59. The number of furan rings is 1. The minimum Gasteiger partial charge on any atom is -0.467 e. The van der Waals surface area contributed by atoms with E-state index in [2.05, 4.69) is 10.3 Å². The van der Waals surface area contributed by atoms with Crippen LogP contribution in [0.3, 0.4) is 0 Å². The second-order valence-electron chi connectivity index (χ2n) is 4.59. The van der Waals surface area contributed by atoms with E-state index in [-0.39, 0.29) is 12.5 Å². The molecule has 102 valence electrons. The molecule has 2 aromatic heterocycles. The van der Waals surface area contributed by atoms with Crippen molar-refractivity contribution in [2.24, 2.45) is 0 Å². The van der Waals surface area contributed by atoms with E-state index < -0.39 is 0 Å². The normalized spacial score (nSPS) is 10.8. The van der Waals surface area contributed by atoms with Crippen LogP contribution in [0, 0.1) is 6.92 Å². The number of aromatic nitrogens is 2. The summed E-state index contributed by atoms with van der Waals surface area (Å²) in [5.41, 5.74) is 1.88. The molecule has 5 nitrogen and oxygen atoms in total. The number of nitrogens with one attached hydrogen (secondary N) is 1. The highest BCUT2D eigenvalue weighted by Crippen LogP contribution is 2.15. The fourth-order valence-corrected chi connectivity index (χ4v) is 2.19. The SMILES string of the molecule is Cc1nc2ccccc2n1CC(=O)NCc1ccco1. The first-order valence-corrected chi connectivity index (χ1v) is 6.45. The summed E-state index contributed by atoms with van der Waals surface area (Å²) in [5.74, 6) is 1.51. The highest BCUT2D eigenvalue weighted by atomic mass is 16.3. The van der Waals surface area contributed by atoms with Crippen LogP contribution in [0.15, 0.2) is 47.1 Å². The molecule has 0 aliphatic carbocycles. The Kier molecular flexibility index (Phi) is 3.25. The topological polar surface area (TPSA) is 60.1 Å². The monoisotopic (exact) mass is 269 g/mol. The van der Waals surface area contributed by atoms with Crippen molar-refractivity contribution in [2.75, 3.05) is 0 Å². The molecule has 0 unspecified atom stereocenters. The molecule has 20 heavy (non-hydrogen) atoms. The molecule has 0 radical (unpaired) electrons. The van der Waals surface area contributed by atoms with Gasteiger partial charge in [0.05, 0.1) is 23.8 Å². The quantitative estimate of drug-likeness (QED) is 0.790. The number of amides is 1. The van der Waals surface area contributed by atoms with Crippen molar-refractivity contribution in [3.05, 3.63) is 54.2 Å². The number of benzene rings is 1. The van der Waals surface area contributed by atoms with Gasteiger partial charge in [-0.1, -0.05) is 12.1 Å². The molecule has 0 spiro atoms. The Morgan fingerprint density at radius 2 is 2.15 bits per heavy atom. The largest absolute Gasteiger partial charge is 0.467 e. The smallest absolute Gasteiger partial charge is 0.240 e. The van der Waals surface area contributed by atoms with Gasteiger partial charge in [-0.3, -0.25) is 4.79 Å². The summed E-state index contributed by atoms with van der Waals surface area (Å²) >= 11 is 0. The van der Waals surface area contributed by atoms with Gasteiger partial charge in [-0.15, -0.1) is 0 Å². The van der Waals surface area contributed by atoms with Crippen molar-refractivity contribution < 1.29 is 9.21 Å². The Morgan fingerprint density at radius 1 is 1.30 bits per heavy atom. The number of para-hydroxylation sites is 2. The van der Waals surface area contributed by atoms with E-state index in [1.54, 1.807) is 12.3 Å². The molecule has 0 bridgehead atoms. The van der Waals surface area contributed by atoms with E-state index in [4.69, 9.17) is 4.42 Å². The van der Waals surface area contributed by atoms with Crippen LogP contribution in [0.4, 0.5) is 0 Å². The predicted octanol–water partition coefficient (Wildman–Crippen LogP) is 2.25. The molecule has 3 rings (SSSR count). The zero-order chi connectivity index (χ0) is 13.9. The standard InChI is InChI=1S/C15H15N3O2/c1-11-17-13-6-2-3-7-14(13)18(11)10-15(19)16-9-12-5-4-8-20-12/h2-8H,9-10H2,1H3,(H,16,19). The average Bonchev–Trinajstić information content (AvgIpc) is 3.06. The molecular weight excluding hydrogens is 254 g/mol. The number of aryl methyl sites for hydroxylation is 1. The maximum Gasteiger partial charge on any atom is 0.240 e. The Bertz CT molecular complexity index is 729. The van der Waals surface area contributed by atoms with E-state index in [1.165, 1.54) is 0 Å². The Labute approximate surface area is 116 Å². The predicted molar refractivity (Wildman–Crippen MR) is 75.0 cm³/mol. The maximum atomic E-state index is 12.0. The van der Waals surface area contributed by atoms with Crippen LogP contribution in [0.1, 0.15) is 11.6 Å². The first kappa shape index (κ1) is 12.5. The van der Waals surface area contributed by atoms with Crippen LogP contribution in [0.5, 0.6) is 0 Å².